The Hall–Kier alpha value is -2.54. The quantitative estimate of drug-likeness (QED) is 0.762. The molecule has 0 bridgehead atoms. The number of carbonyl (C=O) groups is 1. The molecule has 2 aromatic rings. The summed E-state index contributed by atoms with van der Waals surface area (Å²) in [6.45, 7) is 1.13. The first-order chi connectivity index (χ1) is 11.0. The van der Waals surface area contributed by atoms with Gasteiger partial charge >= 0.3 is 5.97 Å². The fourth-order valence-corrected chi connectivity index (χ4v) is 2.53. The lowest BCUT2D eigenvalue weighted by Gasteiger charge is -2.20. The molecule has 0 saturated carbocycles. The molecule has 1 unspecified atom stereocenters. The van der Waals surface area contributed by atoms with Crippen molar-refractivity contribution in [1.82, 2.24) is 15.0 Å². The molecule has 0 amide bonds. The van der Waals surface area contributed by atoms with Crippen molar-refractivity contribution in [3.63, 3.8) is 0 Å². The summed E-state index contributed by atoms with van der Waals surface area (Å²) in [6.07, 6.45) is 6.08. The fraction of sp³-hybridized carbons (Fsp3) is 0.375. The van der Waals surface area contributed by atoms with Crippen LogP contribution in [0.15, 0.2) is 24.5 Å². The molecule has 1 aliphatic rings. The molecule has 3 rings (SSSR count). The average molecular weight is 314 g/mol. The van der Waals surface area contributed by atoms with E-state index in [9.17, 15) is 9.90 Å². The van der Waals surface area contributed by atoms with Crippen LogP contribution in [-0.2, 0) is 17.6 Å². The molecular weight excluding hydrogens is 296 g/mol. The van der Waals surface area contributed by atoms with E-state index in [4.69, 9.17) is 5.11 Å². The number of fused-ring (bicyclic) bond motifs is 1. The van der Waals surface area contributed by atoms with Gasteiger partial charge in [0.2, 0.25) is 0 Å². The van der Waals surface area contributed by atoms with E-state index in [1.54, 1.807) is 12.4 Å². The van der Waals surface area contributed by atoms with Crippen molar-refractivity contribution in [3.05, 3.63) is 35.8 Å². The Morgan fingerprint density at radius 1 is 1.39 bits per heavy atom. The third-order valence-electron chi connectivity index (χ3n) is 3.91. The van der Waals surface area contributed by atoms with Crippen LogP contribution in [0.25, 0.3) is 11.4 Å². The van der Waals surface area contributed by atoms with Crippen molar-refractivity contribution in [3.8, 4) is 11.4 Å². The highest BCUT2D eigenvalue weighted by Gasteiger charge is 2.30. The van der Waals surface area contributed by atoms with Gasteiger partial charge in [0.1, 0.15) is 5.82 Å². The van der Waals surface area contributed by atoms with Gasteiger partial charge < -0.3 is 15.5 Å². The van der Waals surface area contributed by atoms with Crippen molar-refractivity contribution < 1.29 is 15.0 Å². The van der Waals surface area contributed by atoms with Crippen LogP contribution >= 0.6 is 0 Å². The number of aryl methyl sites for hydroxylation is 1. The number of carboxylic acid groups (broad SMARTS) is 1. The number of nitrogens with zero attached hydrogens (tertiary/aromatic N) is 3. The van der Waals surface area contributed by atoms with Crippen LogP contribution in [0.2, 0.25) is 0 Å². The van der Waals surface area contributed by atoms with E-state index in [2.05, 4.69) is 20.3 Å². The number of carboxylic acids is 1. The molecular formula is C16H18N4O3. The lowest BCUT2D eigenvalue weighted by atomic mass is 10.1. The Morgan fingerprint density at radius 3 is 2.91 bits per heavy atom. The smallest absolute Gasteiger partial charge is 0.337 e. The highest BCUT2D eigenvalue weighted by Crippen LogP contribution is 2.29. The summed E-state index contributed by atoms with van der Waals surface area (Å²) in [4.78, 5) is 24.2. The molecule has 7 nitrogen and oxygen atoms in total. The van der Waals surface area contributed by atoms with Gasteiger partial charge in [-0.1, -0.05) is 0 Å². The SMILES string of the molecule is CC(O)(CNc1nc(-c2cccnc2)nc2c1CCC2)C(=O)O. The number of hydrogen-bond acceptors (Lipinski definition) is 6. The summed E-state index contributed by atoms with van der Waals surface area (Å²) < 4.78 is 0. The van der Waals surface area contributed by atoms with Crippen LogP contribution in [0, 0.1) is 0 Å². The monoisotopic (exact) mass is 314 g/mol. The van der Waals surface area contributed by atoms with Crippen molar-refractivity contribution in [2.45, 2.75) is 31.8 Å². The van der Waals surface area contributed by atoms with Crippen LogP contribution in [0.1, 0.15) is 24.6 Å². The van der Waals surface area contributed by atoms with E-state index in [0.29, 0.717) is 11.6 Å². The third kappa shape index (κ3) is 3.14. The Morgan fingerprint density at radius 2 is 2.22 bits per heavy atom. The van der Waals surface area contributed by atoms with Crippen molar-refractivity contribution in [1.29, 1.82) is 0 Å². The van der Waals surface area contributed by atoms with E-state index in [1.165, 1.54) is 6.92 Å². The number of aliphatic hydroxyl groups is 1. The normalized spacial score (nSPS) is 15.7. The van der Waals surface area contributed by atoms with Gasteiger partial charge in [0.25, 0.3) is 0 Å². The molecule has 2 heterocycles. The van der Waals surface area contributed by atoms with Gasteiger partial charge in [-0.15, -0.1) is 0 Å². The fourth-order valence-electron chi connectivity index (χ4n) is 2.53. The minimum absolute atomic E-state index is 0.127. The lowest BCUT2D eigenvalue weighted by molar-refractivity contribution is -0.155. The molecule has 0 aliphatic heterocycles. The van der Waals surface area contributed by atoms with E-state index in [1.807, 2.05) is 12.1 Å². The molecule has 3 N–H and O–H groups in total. The maximum Gasteiger partial charge on any atom is 0.337 e. The van der Waals surface area contributed by atoms with Gasteiger partial charge in [0.05, 0.1) is 6.54 Å². The standard InChI is InChI=1S/C16H18N4O3/c1-16(23,15(21)22)9-18-14-11-5-2-6-12(11)19-13(20-14)10-4-3-7-17-8-10/h3-4,7-8,23H,2,5-6,9H2,1H3,(H,21,22)(H,18,19,20). The molecule has 0 spiro atoms. The zero-order valence-electron chi connectivity index (χ0n) is 12.8. The summed E-state index contributed by atoms with van der Waals surface area (Å²) >= 11 is 0. The van der Waals surface area contributed by atoms with Crippen molar-refractivity contribution >= 4 is 11.8 Å². The third-order valence-corrected chi connectivity index (χ3v) is 3.91. The van der Waals surface area contributed by atoms with Gasteiger partial charge in [0, 0.05) is 29.2 Å². The largest absolute Gasteiger partial charge is 0.479 e. The van der Waals surface area contributed by atoms with Crippen LogP contribution in [0.4, 0.5) is 5.82 Å². The van der Waals surface area contributed by atoms with E-state index in [-0.39, 0.29) is 6.54 Å². The number of rotatable bonds is 5. The predicted octanol–water partition coefficient (Wildman–Crippen LogP) is 1.27. The molecule has 23 heavy (non-hydrogen) atoms. The molecule has 0 radical (unpaired) electrons. The predicted molar refractivity (Wildman–Crippen MR) is 84.0 cm³/mol. The van der Waals surface area contributed by atoms with Crippen LogP contribution in [0.5, 0.6) is 0 Å². The molecule has 0 fully saturated rings. The highest BCUT2D eigenvalue weighted by molar-refractivity contribution is 5.77. The number of pyridine rings is 1. The first-order valence-corrected chi connectivity index (χ1v) is 7.47. The zero-order chi connectivity index (χ0) is 16.4. The molecule has 2 aromatic heterocycles. The molecule has 1 atom stereocenters. The Kier molecular flexibility index (Phi) is 3.96. The Labute approximate surface area is 133 Å². The van der Waals surface area contributed by atoms with Gasteiger partial charge in [-0.25, -0.2) is 14.8 Å². The summed E-state index contributed by atoms with van der Waals surface area (Å²) in [5.74, 6) is -0.132. The second-order valence-electron chi connectivity index (χ2n) is 5.85. The number of aliphatic carboxylic acids is 1. The minimum Gasteiger partial charge on any atom is -0.479 e. The minimum atomic E-state index is -1.86. The average Bonchev–Trinajstić information content (AvgIpc) is 3.02. The molecule has 0 aromatic carbocycles. The van der Waals surface area contributed by atoms with E-state index < -0.39 is 11.6 Å². The number of anilines is 1. The first-order valence-electron chi connectivity index (χ1n) is 7.47. The number of nitrogens with one attached hydrogen (secondary N) is 1. The zero-order valence-corrected chi connectivity index (χ0v) is 12.8. The van der Waals surface area contributed by atoms with Crippen LogP contribution in [-0.4, -0.2) is 43.3 Å². The summed E-state index contributed by atoms with van der Waals surface area (Å²) in [7, 11) is 0. The van der Waals surface area contributed by atoms with Gasteiger partial charge in [-0.05, 0) is 38.3 Å². The van der Waals surface area contributed by atoms with Crippen molar-refractivity contribution in [2.24, 2.45) is 0 Å². The van der Waals surface area contributed by atoms with E-state index in [0.717, 1.165) is 36.1 Å². The molecule has 7 heteroatoms. The molecule has 1 aliphatic carbocycles. The lowest BCUT2D eigenvalue weighted by Crippen LogP contribution is -2.42. The topological polar surface area (TPSA) is 108 Å². The van der Waals surface area contributed by atoms with Crippen LogP contribution < -0.4 is 5.32 Å². The maximum absolute atomic E-state index is 11.0. The molecule has 120 valence electrons. The van der Waals surface area contributed by atoms with Crippen LogP contribution in [0.3, 0.4) is 0 Å². The van der Waals surface area contributed by atoms with Gasteiger partial charge in [-0.3, -0.25) is 4.98 Å². The number of hydrogen-bond donors (Lipinski definition) is 3. The second-order valence-corrected chi connectivity index (χ2v) is 5.85. The van der Waals surface area contributed by atoms with Gasteiger partial charge in [-0.2, -0.15) is 0 Å². The first kappa shape index (κ1) is 15.4. The van der Waals surface area contributed by atoms with E-state index >= 15 is 0 Å². The molecule has 0 saturated heterocycles. The summed E-state index contributed by atoms with van der Waals surface area (Å²) in [5, 5.41) is 21.9. The Balaban J connectivity index is 1.93. The number of aromatic nitrogens is 3. The Bertz CT molecular complexity index is 732. The second kappa shape index (κ2) is 5.92. The highest BCUT2D eigenvalue weighted by atomic mass is 16.4. The summed E-state index contributed by atoms with van der Waals surface area (Å²) in [6, 6.07) is 3.69. The maximum atomic E-state index is 11.0. The summed E-state index contributed by atoms with van der Waals surface area (Å²) in [5.41, 5.74) is 0.913. The van der Waals surface area contributed by atoms with Gasteiger partial charge in [0.15, 0.2) is 11.4 Å². The van der Waals surface area contributed by atoms with Crippen molar-refractivity contribution in [2.75, 3.05) is 11.9 Å².